The van der Waals surface area contributed by atoms with Crippen molar-refractivity contribution in [2.24, 2.45) is 0 Å². The van der Waals surface area contributed by atoms with Crippen LogP contribution in [0.15, 0.2) is 65.1 Å². The van der Waals surface area contributed by atoms with Crippen molar-refractivity contribution in [2.75, 3.05) is 7.11 Å². The van der Waals surface area contributed by atoms with Crippen molar-refractivity contribution >= 4 is 33.4 Å². The molecule has 0 amide bonds. The minimum atomic E-state index is -0.571. The largest absolute Gasteiger partial charge is 0.490 e. The minimum Gasteiger partial charge on any atom is -0.490 e. The molecule has 0 N–H and O–H groups in total. The Morgan fingerprint density at radius 2 is 1.65 bits per heavy atom. The Bertz CT molecular complexity index is 1180. The number of ketones is 1. The molecule has 0 fully saturated rings. The molecule has 1 aromatic heterocycles. The van der Waals surface area contributed by atoms with Gasteiger partial charge in [-0.15, -0.1) is 0 Å². The molecular formula is C20H13NO5. The summed E-state index contributed by atoms with van der Waals surface area (Å²) >= 11 is 0. The smallest absolute Gasteiger partial charge is 0.311 e. The number of hydrogen-bond acceptors (Lipinski definition) is 5. The number of fused-ring (bicyclic) bond motifs is 3. The average Bonchev–Trinajstić information content (AvgIpc) is 3.04. The summed E-state index contributed by atoms with van der Waals surface area (Å²) in [6, 6.07) is 17.0. The van der Waals surface area contributed by atoms with E-state index in [4.69, 9.17) is 9.15 Å². The molecule has 0 aliphatic heterocycles. The number of nitro benzene ring substituents is 1. The second kappa shape index (κ2) is 6.00. The maximum atomic E-state index is 12.8. The molecule has 0 radical (unpaired) electrons. The Balaban J connectivity index is 1.80. The molecule has 0 aliphatic carbocycles. The quantitative estimate of drug-likeness (QED) is 0.303. The first-order valence-electron chi connectivity index (χ1n) is 7.87. The van der Waals surface area contributed by atoms with E-state index in [1.54, 1.807) is 12.1 Å². The van der Waals surface area contributed by atoms with E-state index < -0.39 is 4.92 Å². The molecule has 1 heterocycles. The number of furan rings is 1. The maximum Gasteiger partial charge on any atom is 0.311 e. The molecule has 128 valence electrons. The first-order valence-corrected chi connectivity index (χ1v) is 7.87. The van der Waals surface area contributed by atoms with Gasteiger partial charge in [0.2, 0.25) is 0 Å². The number of rotatable bonds is 4. The standard InChI is InChI=1S/C20H13NO5/c1-25-18-9-7-12(10-16(18)21(23)24)20(22)13-6-8-15-14-4-2-3-5-17(14)26-19(15)11-13/h2-11H,1H3. The lowest BCUT2D eigenvalue weighted by atomic mass is 10.0. The van der Waals surface area contributed by atoms with Crippen LogP contribution in [0.25, 0.3) is 21.9 Å². The number of nitrogens with zero attached hydrogens (tertiary/aromatic N) is 1. The van der Waals surface area contributed by atoms with Crippen LogP contribution in [0.5, 0.6) is 5.75 Å². The molecule has 0 unspecified atom stereocenters. The fraction of sp³-hybridized carbons (Fsp3) is 0.0500. The summed E-state index contributed by atoms with van der Waals surface area (Å²) in [7, 11) is 1.35. The fourth-order valence-corrected chi connectivity index (χ4v) is 3.01. The number of methoxy groups -OCH3 is 1. The number of nitro groups is 1. The number of hydrogen-bond donors (Lipinski definition) is 0. The van der Waals surface area contributed by atoms with Crippen molar-refractivity contribution < 1.29 is 18.9 Å². The number of ether oxygens (including phenoxy) is 1. The highest BCUT2D eigenvalue weighted by molar-refractivity contribution is 6.13. The van der Waals surface area contributed by atoms with Crippen molar-refractivity contribution in [3.05, 3.63) is 81.9 Å². The third-order valence-corrected chi connectivity index (χ3v) is 4.28. The van der Waals surface area contributed by atoms with Crippen LogP contribution in [-0.2, 0) is 0 Å². The van der Waals surface area contributed by atoms with Gasteiger partial charge >= 0.3 is 5.69 Å². The Morgan fingerprint density at radius 1 is 0.962 bits per heavy atom. The van der Waals surface area contributed by atoms with Gasteiger partial charge < -0.3 is 9.15 Å². The molecule has 6 nitrogen and oxygen atoms in total. The molecule has 0 aliphatic rings. The van der Waals surface area contributed by atoms with Gasteiger partial charge in [-0.25, -0.2) is 0 Å². The van der Waals surface area contributed by atoms with Crippen LogP contribution in [0.2, 0.25) is 0 Å². The maximum absolute atomic E-state index is 12.8. The minimum absolute atomic E-state index is 0.110. The summed E-state index contributed by atoms with van der Waals surface area (Å²) in [6.07, 6.45) is 0. The lowest BCUT2D eigenvalue weighted by Crippen LogP contribution is -2.03. The topological polar surface area (TPSA) is 82.6 Å². The zero-order chi connectivity index (χ0) is 18.3. The van der Waals surface area contributed by atoms with Crippen LogP contribution in [-0.4, -0.2) is 17.8 Å². The molecular weight excluding hydrogens is 334 g/mol. The van der Waals surface area contributed by atoms with E-state index in [0.29, 0.717) is 11.1 Å². The second-order valence-electron chi connectivity index (χ2n) is 5.78. The molecule has 0 saturated heterocycles. The van der Waals surface area contributed by atoms with E-state index in [-0.39, 0.29) is 22.8 Å². The number of para-hydroxylation sites is 1. The van der Waals surface area contributed by atoms with Crippen molar-refractivity contribution in [3.8, 4) is 5.75 Å². The van der Waals surface area contributed by atoms with E-state index in [2.05, 4.69) is 0 Å². The Labute approximate surface area is 147 Å². The van der Waals surface area contributed by atoms with E-state index >= 15 is 0 Å². The average molecular weight is 347 g/mol. The van der Waals surface area contributed by atoms with E-state index in [0.717, 1.165) is 16.4 Å². The molecule has 0 atom stereocenters. The van der Waals surface area contributed by atoms with Crippen molar-refractivity contribution in [3.63, 3.8) is 0 Å². The number of benzene rings is 3. The lowest BCUT2D eigenvalue weighted by molar-refractivity contribution is -0.385. The van der Waals surface area contributed by atoms with Gasteiger partial charge in [0.1, 0.15) is 11.2 Å². The van der Waals surface area contributed by atoms with E-state index in [1.165, 1.54) is 25.3 Å². The van der Waals surface area contributed by atoms with Crippen molar-refractivity contribution in [1.29, 1.82) is 0 Å². The third kappa shape index (κ3) is 2.48. The fourth-order valence-electron chi connectivity index (χ4n) is 3.01. The first-order chi connectivity index (χ1) is 12.6. The monoisotopic (exact) mass is 347 g/mol. The SMILES string of the molecule is COc1ccc(C(=O)c2ccc3c(c2)oc2ccccc23)cc1[N+](=O)[O-]. The number of carbonyl (C=O) groups is 1. The third-order valence-electron chi connectivity index (χ3n) is 4.28. The highest BCUT2D eigenvalue weighted by Crippen LogP contribution is 2.31. The van der Waals surface area contributed by atoms with Gasteiger partial charge in [0, 0.05) is 28.0 Å². The van der Waals surface area contributed by atoms with Gasteiger partial charge in [-0.2, -0.15) is 0 Å². The molecule has 26 heavy (non-hydrogen) atoms. The van der Waals surface area contributed by atoms with E-state index in [1.807, 2.05) is 30.3 Å². The zero-order valence-corrected chi connectivity index (χ0v) is 13.8. The Morgan fingerprint density at radius 3 is 2.42 bits per heavy atom. The summed E-state index contributed by atoms with van der Waals surface area (Å²) in [4.78, 5) is 23.4. The van der Waals surface area contributed by atoms with Gasteiger partial charge in [-0.3, -0.25) is 14.9 Å². The zero-order valence-electron chi connectivity index (χ0n) is 13.8. The normalized spacial score (nSPS) is 11.0. The van der Waals surface area contributed by atoms with Gasteiger partial charge in [-0.1, -0.05) is 24.3 Å². The lowest BCUT2D eigenvalue weighted by Gasteiger charge is -2.05. The first kappa shape index (κ1) is 15.8. The highest BCUT2D eigenvalue weighted by Gasteiger charge is 2.19. The van der Waals surface area contributed by atoms with Crippen LogP contribution >= 0.6 is 0 Å². The van der Waals surface area contributed by atoms with Gasteiger partial charge in [0.05, 0.1) is 12.0 Å². The van der Waals surface area contributed by atoms with Crippen LogP contribution < -0.4 is 4.74 Å². The summed E-state index contributed by atoms with van der Waals surface area (Å²) in [5.41, 5.74) is 1.71. The summed E-state index contributed by atoms with van der Waals surface area (Å²) in [6.45, 7) is 0. The van der Waals surface area contributed by atoms with Crippen LogP contribution in [0.1, 0.15) is 15.9 Å². The van der Waals surface area contributed by atoms with Crippen LogP contribution in [0.3, 0.4) is 0 Å². The number of carbonyl (C=O) groups excluding carboxylic acids is 1. The summed E-state index contributed by atoms with van der Waals surface area (Å²) in [5, 5.41) is 13.1. The molecule has 3 aromatic carbocycles. The Hall–Kier alpha value is -3.67. The van der Waals surface area contributed by atoms with Crippen molar-refractivity contribution in [2.45, 2.75) is 0 Å². The summed E-state index contributed by atoms with van der Waals surface area (Å²) in [5.74, 6) is -0.211. The van der Waals surface area contributed by atoms with Crippen molar-refractivity contribution in [1.82, 2.24) is 0 Å². The molecule has 6 heteroatoms. The highest BCUT2D eigenvalue weighted by atomic mass is 16.6. The second-order valence-corrected chi connectivity index (χ2v) is 5.78. The summed E-state index contributed by atoms with van der Waals surface area (Å²) < 4.78 is 10.8. The predicted octanol–water partition coefficient (Wildman–Crippen LogP) is 4.73. The van der Waals surface area contributed by atoms with Crippen LogP contribution in [0, 0.1) is 10.1 Å². The van der Waals surface area contributed by atoms with Crippen LogP contribution in [0.4, 0.5) is 5.69 Å². The Kier molecular flexibility index (Phi) is 3.65. The molecule has 0 bridgehead atoms. The van der Waals surface area contributed by atoms with Gasteiger partial charge in [0.25, 0.3) is 0 Å². The molecule has 0 saturated carbocycles. The van der Waals surface area contributed by atoms with Gasteiger partial charge in [-0.05, 0) is 30.3 Å². The predicted molar refractivity (Wildman–Crippen MR) is 96.8 cm³/mol. The molecule has 0 spiro atoms. The molecule has 4 rings (SSSR count). The van der Waals surface area contributed by atoms with Gasteiger partial charge in [0.15, 0.2) is 11.5 Å². The van der Waals surface area contributed by atoms with E-state index in [9.17, 15) is 14.9 Å². The molecule has 4 aromatic rings.